The number of ether oxygens (including phenoxy) is 2. The number of benzene rings is 1. The summed E-state index contributed by atoms with van der Waals surface area (Å²) >= 11 is 0. The summed E-state index contributed by atoms with van der Waals surface area (Å²) in [6.45, 7) is 5.56. The smallest absolute Gasteiger partial charge is 0.261 e. The molecule has 1 saturated heterocycles. The van der Waals surface area contributed by atoms with E-state index in [0.29, 0.717) is 37.3 Å². The van der Waals surface area contributed by atoms with Gasteiger partial charge >= 0.3 is 0 Å². The highest BCUT2D eigenvalue weighted by Crippen LogP contribution is 2.22. The fourth-order valence-electron chi connectivity index (χ4n) is 2.62. The van der Waals surface area contributed by atoms with E-state index in [-0.39, 0.29) is 18.6 Å². The highest BCUT2D eigenvalue weighted by molar-refractivity contribution is 5.78. The number of amides is 1. The molecule has 0 unspecified atom stereocenters. The first kappa shape index (κ1) is 16.4. The van der Waals surface area contributed by atoms with Crippen molar-refractivity contribution in [1.29, 1.82) is 0 Å². The molecule has 1 aliphatic rings. The molecule has 2 heterocycles. The lowest BCUT2D eigenvalue weighted by Crippen LogP contribution is -2.45. The molecule has 7 heteroatoms. The normalized spacial score (nSPS) is 18.0. The van der Waals surface area contributed by atoms with Crippen LogP contribution in [-0.4, -0.2) is 47.3 Å². The van der Waals surface area contributed by atoms with Gasteiger partial charge in [0.1, 0.15) is 11.8 Å². The van der Waals surface area contributed by atoms with Crippen LogP contribution in [0.3, 0.4) is 0 Å². The van der Waals surface area contributed by atoms with Gasteiger partial charge < -0.3 is 18.9 Å². The summed E-state index contributed by atoms with van der Waals surface area (Å²) in [6, 6.07) is 7.47. The second kappa shape index (κ2) is 7.44. The average molecular weight is 331 g/mol. The molecular weight excluding hydrogens is 310 g/mol. The van der Waals surface area contributed by atoms with E-state index in [0.717, 1.165) is 0 Å². The highest BCUT2D eigenvalue weighted by Gasteiger charge is 2.31. The van der Waals surface area contributed by atoms with Gasteiger partial charge in [0, 0.05) is 6.54 Å². The van der Waals surface area contributed by atoms with Gasteiger partial charge in [0.25, 0.3) is 5.91 Å². The van der Waals surface area contributed by atoms with E-state index in [9.17, 15) is 4.79 Å². The molecule has 1 amide bonds. The number of carbonyl (C=O) groups is 1. The number of hydrogen-bond acceptors (Lipinski definition) is 6. The predicted molar refractivity (Wildman–Crippen MR) is 85.6 cm³/mol. The van der Waals surface area contributed by atoms with Crippen molar-refractivity contribution in [2.75, 3.05) is 26.4 Å². The van der Waals surface area contributed by atoms with Crippen molar-refractivity contribution in [1.82, 2.24) is 15.0 Å². The van der Waals surface area contributed by atoms with E-state index < -0.39 is 0 Å². The van der Waals surface area contributed by atoms with Crippen LogP contribution in [-0.2, 0) is 9.53 Å². The van der Waals surface area contributed by atoms with Crippen molar-refractivity contribution >= 4 is 5.91 Å². The second-order valence-corrected chi connectivity index (χ2v) is 5.98. The van der Waals surface area contributed by atoms with Gasteiger partial charge in [-0.3, -0.25) is 4.79 Å². The van der Waals surface area contributed by atoms with Gasteiger partial charge in [0.15, 0.2) is 12.4 Å². The molecule has 0 aliphatic carbocycles. The Balaban J connectivity index is 1.61. The Bertz CT molecular complexity index is 655. The first-order chi connectivity index (χ1) is 11.6. The monoisotopic (exact) mass is 331 g/mol. The summed E-state index contributed by atoms with van der Waals surface area (Å²) in [5.74, 6) is 1.47. The lowest BCUT2D eigenvalue weighted by Gasteiger charge is -2.33. The van der Waals surface area contributed by atoms with E-state index in [1.807, 2.05) is 24.3 Å². The predicted octanol–water partition coefficient (Wildman–Crippen LogP) is 2.17. The molecule has 1 aromatic carbocycles. The largest absolute Gasteiger partial charge is 0.484 e. The topological polar surface area (TPSA) is 77.7 Å². The lowest BCUT2D eigenvalue weighted by molar-refractivity contribution is -0.142. The van der Waals surface area contributed by atoms with Crippen LogP contribution >= 0.6 is 0 Å². The number of rotatable bonds is 5. The van der Waals surface area contributed by atoms with E-state index in [1.165, 1.54) is 12.0 Å². The van der Waals surface area contributed by atoms with Crippen LogP contribution in [0.5, 0.6) is 5.75 Å². The maximum Gasteiger partial charge on any atom is 0.261 e. The van der Waals surface area contributed by atoms with E-state index in [2.05, 4.69) is 24.0 Å². The highest BCUT2D eigenvalue weighted by atomic mass is 16.5. The lowest BCUT2D eigenvalue weighted by atomic mass is 10.0. The van der Waals surface area contributed by atoms with E-state index in [1.54, 1.807) is 4.90 Å². The number of nitrogens with zero attached hydrogens (tertiary/aromatic N) is 3. The van der Waals surface area contributed by atoms with Crippen LogP contribution in [0.2, 0.25) is 0 Å². The van der Waals surface area contributed by atoms with Gasteiger partial charge in [-0.15, -0.1) is 0 Å². The molecule has 0 N–H and O–H groups in total. The molecule has 3 rings (SSSR count). The Labute approximate surface area is 140 Å². The van der Waals surface area contributed by atoms with Gasteiger partial charge in [0.2, 0.25) is 6.39 Å². The quantitative estimate of drug-likeness (QED) is 0.835. The van der Waals surface area contributed by atoms with Crippen LogP contribution < -0.4 is 4.74 Å². The molecule has 24 heavy (non-hydrogen) atoms. The second-order valence-electron chi connectivity index (χ2n) is 5.98. The Morgan fingerprint density at radius 2 is 2.17 bits per heavy atom. The molecule has 0 spiro atoms. The van der Waals surface area contributed by atoms with Crippen LogP contribution in [0.15, 0.2) is 35.2 Å². The molecule has 128 valence electrons. The minimum absolute atomic E-state index is 0.0324. The van der Waals surface area contributed by atoms with Gasteiger partial charge in [-0.25, -0.2) is 0 Å². The average Bonchev–Trinajstić information content (AvgIpc) is 3.14. The molecular formula is C17H21N3O4. The summed E-state index contributed by atoms with van der Waals surface area (Å²) in [4.78, 5) is 18.2. The van der Waals surface area contributed by atoms with Gasteiger partial charge in [-0.2, -0.15) is 4.98 Å². The third-order valence-corrected chi connectivity index (χ3v) is 4.03. The molecule has 0 radical (unpaired) electrons. The van der Waals surface area contributed by atoms with Crippen molar-refractivity contribution in [3.05, 3.63) is 42.0 Å². The molecule has 2 aromatic rings. The summed E-state index contributed by atoms with van der Waals surface area (Å²) in [5.41, 5.74) is 1.24. The zero-order valence-electron chi connectivity index (χ0n) is 13.8. The number of morpholine rings is 1. The fourth-order valence-corrected chi connectivity index (χ4v) is 2.62. The summed E-state index contributed by atoms with van der Waals surface area (Å²) < 4.78 is 15.8. The van der Waals surface area contributed by atoms with Crippen molar-refractivity contribution in [3.63, 3.8) is 0 Å². The van der Waals surface area contributed by atoms with Crippen LogP contribution in [0.1, 0.15) is 37.2 Å². The molecule has 1 fully saturated rings. The molecule has 1 aromatic heterocycles. The van der Waals surface area contributed by atoms with Crippen LogP contribution in [0, 0.1) is 0 Å². The Kier molecular flexibility index (Phi) is 5.10. The number of aromatic nitrogens is 2. The number of hydrogen-bond donors (Lipinski definition) is 0. The van der Waals surface area contributed by atoms with Gasteiger partial charge in [-0.05, 0) is 23.6 Å². The summed E-state index contributed by atoms with van der Waals surface area (Å²) in [5, 5.41) is 3.82. The van der Waals surface area contributed by atoms with Gasteiger partial charge in [-0.1, -0.05) is 31.1 Å². The first-order valence-corrected chi connectivity index (χ1v) is 8.01. The number of carbonyl (C=O) groups excluding carboxylic acids is 1. The SMILES string of the molecule is CC(C)c1ccc(OCC(=O)N2CCOC[C@H]2c2ncon2)cc1. The maximum absolute atomic E-state index is 12.5. The Morgan fingerprint density at radius 3 is 2.83 bits per heavy atom. The zero-order valence-corrected chi connectivity index (χ0v) is 13.8. The maximum atomic E-state index is 12.5. The van der Waals surface area contributed by atoms with Crippen molar-refractivity contribution in [3.8, 4) is 5.75 Å². The molecule has 0 saturated carbocycles. The molecule has 1 aliphatic heterocycles. The Hall–Kier alpha value is -2.41. The van der Waals surface area contributed by atoms with Gasteiger partial charge in [0.05, 0.1) is 13.2 Å². The zero-order chi connectivity index (χ0) is 16.9. The summed E-state index contributed by atoms with van der Waals surface area (Å²) in [6.07, 6.45) is 1.25. The van der Waals surface area contributed by atoms with Crippen molar-refractivity contribution in [2.24, 2.45) is 0 Å². The summed E-state index contributed by atoms with van der Waals surface area (Å²) in [7, 11) is 0. The van der Waals surface area contributed by atoms with Crippen molar-refractivity contribution in [2.45, 2.75) is 25.8 Å². The minimum Gasteiger partial charge on any atom is -0.484 e. The third-order valence-electron chi connectivity index (χ3n) is 4.03. The Morgan fingerprint density at radius 1 is 1.38 bits per heavy atom. The van der Waals surface area contributed by atoms with E-state index in [4.69, 9.17) is 14.0 Å². The standard InChI is InChI=1S/C17H21N3O4/c1-12(2)13-3-5-14(6-4-13)23-10-16(21)20-7-8-22-9-15(20)17-18-11-24-19-17/h3-6,11-12,15H,7-10H2,1-2H3/t15-/m0/s1. The third kappa shape index (κ3) is 3.73. The fraction of sp³-hybridized carbons (Fsp3) is 0.471. The minimum atomic E-state index is -0.336. The first-order valence-electron chi connectivity index (χ1n) is 8.01. The molecule has 1 atom stereocenters. The van der Waals surface area contributed by atoms with E-state index >= 15 is 0 Å². The van der Waals surface area contributed by atoms with Crippen LogP contribution in [0.25, 0.3) is 0 Å². The van der Waals surface area contributed by atoms with Crippen LogP contribution in [0.4, 0.5) is 0 Å². The molecule has 0 bridgehead atoms. The molecule has 7 nitrogen and oxygen atoms in total. The van der Waals surface area contributed by atoms with Crippen molar-refractivity contribution < 1.29 is 18.8 Å².